The van der Waals surface area contributed by atoms with Crippen LogP contribution in [0.3, 0.4) is 0 Å². The Hall–Kier alpha value is -2.08. The maximum Gasteiger partial charge on any atom is 0.416 e. The van der Waals surface area contributed by atoms with Gasteiger partial charge in [0.25, 0.3) is 0 Å². The lowest BCUT2D eigenvalue weighted by Gasteiger charge is -2.14. The Labute approximate surface area is 120 Å². The van der Waals surface area contributed by atoms with Crippen molar-refractivity contribution in [1.82, 2.24) is 10.3 Å². The van der Waals surface area contributed by atoms with E-state index in [0.717, 1.165) is 11.8 Å². The fourth-order valence-corrected chi connectivity index (χ4v) is 1.88. The third kappa shape index (κ3) is 3.95. The number of aromatic nitrogens is 1. The van der Waals surface area contributed by atoms with E-state index < -0.39 is 11.7 Å². The number of benzene rings is 1. The van der Waals surface area contributed by atoms with E-state index in [1.54, 1.807) is 19.2 Å². The molecule has 1 N–H and O–H groups in total. The van der Waals surface area contributed by atoms with Gasteiger partial charge in [0, 0.05) is 12.2 Å². The molecule has 6 heteroatoms. The van der Waals surface area contributed by atoms with Crippen LogP contribution in [-0.2, 0) is 12.7 Å². The Balaban J connectivity index is 2.31. The number of hydrogen-bond donors (Lipinski definition) is 1. The summed E-state index contributed by atoms with van der Waals surface area (Å²) in [6.45, 7) is 1.96. The van der Waals surface area contributed by atoms with E-state index in [4.69, 9.17) is 4.74 Å². The summed E-state index contributed by atoms with van der Waals surface area (Å²) in [7, 11) is 1.60. The number of pyridine rings is 1. The van der Waals surface area contributed by atoms with Crippen molar-refractivity contribution < 1.29 is 17.9 Å². The number of aryl methyl sites for hydroxylation is 1. The summed E-state index contributed by atoms with van der Waals surface area (Å²) in [6, 6.07) is 7.33. The van der Waals surface area contributed by atoms with Gasteiger partial charge in [-0.25, -0.2) is 0 Å². The molecular weight excluding hydrogens is 281 g/mol. The number of nitrogens with zero attached hydrogens (tertiary/aromatic N) is 1. The van der Waals surface area contributed by atoms with Crippen LogP contribution < -0.4 is 10.1 Å². The first-order chi connectivity index (χ1) is 9.90. The zero-order valence-electron chi connectivity index (χ0n) is 11.7. The summed E-state index contributed by atoms with van der Waals surface area (Å²) < 4.78 is 44.6. The minimum absolute atomic E-state index is 0.132. The molecule has 0 aliphatic rings. The van der Waals surface area contributed by atoms with Gasteiger partial charge in [0.1, 0.15) is 11.5 Å². The molecule has 0 saturated carbocycles. The molecule has 2 aromatic rings. The van der Waals surface area contributed by atoms with Gasteiger partial charge in [0.05, 0.1) is 11.8 Å². The van der Waals surface area contributed by atoms with Crippen LogP contribution in [0, 0.1) is 6.92 Å². The van der Waals surface area contributed by atoms with Gasteiger partial charge in [-0.2, -0.15) is 13.2 Å². The quantitative estimate of drug-likeness (QED) is 0.928. The molecule has 21 heavy (non-hydrogen) atoms. The Morgan fingerprint density at radius 2 is 1.86 bits per heavy atom. The molecule has 0 saturated heterocycles. The number of ether oxygens (including phenoxy) is 1. The lowest BCUT2D eigenvalue weighted by atomic mass is 10.1. The Morgan fingerprint density at radius 3 is 2.43 bits per heavy atom. The van der Waals surface area contributed by atoms with E-state index in [0.29, 0.717) is 5.75 Å². The highest BCUT2D eigenvalue weighted by molar-refractivity contribution is 5.39. The van der Waals surface area contributed by atoms with Gasteiger partial charge in [-0.1, -0.05) is 6.07 Å². The van der Waals surface area contributed by atoms with E-state index in [1.807, 2.05) is 6.92 Å². The smallest absolute Gasteiger partial charge is 0.416 e. The second kappa shape index (κ2) is 6.13. The predicted octanol–water partition coefficient (Wildman–Crippen LogP) is 3.92. The van der Waals surface area contributed by atoms with Crippen molar-refractivity contribution in [3.63, 3.8) is 0 Å². The largest absolute Gasteiger partial charge is 0.456 e. The maximum atomic E-state index is 13.0. The number of halogens is 3. The molecular formula is C15H15F3N2O. The van der Waals surface area contributed by atoms with Crippen LogP contribution in [0.1, 0.15) is 16.8 Å². The van der Waals surface area contributed by atoms with Crippen molar-refractivity contribution in [3.05, 3.63) is 53.3 Å². The van der Waals surface area contributed by atoms with Gasteiger partial charge in [0.15, 0.2) is 0 Å². The average molecular weight is 296 g/mol. The van der Waals surface area contributed by atoms with E-state index in [-0.39, 0.29) is 17.9 Å². The molecule has 0 atom stereocenters. The topological polar surface area (TPSA) is 34.1 Å². The second-order valence-corrected chi connectivity index (χ2v) is 4.58. The number of rotatable bonds is 4. The molecule has 0 bridgehead atoms. The molecule has 112 valence electrons. The number of hydrogen-bond acceptors (Lipinski definition) is 3. The van der Waals surface area contributed by atoms with Crippen molar-refractivity contribution in [3.8, 4) is 11.5 Å². The first-order valence-electron chi connectivity index (χ1n) is 6.35. The summed E-state index contributed by atoms with van der Waals surface area (Å²) in [5, 5.41) is 2.72. The highest BCUT2D eigenvalue weighted by Gasteiger charge is 2.33. The standard InChI is InChI=1S/C15H15F3N2O/c1-10-3-5-13(9-20-10)21-12-6-4-11(8-19-2)14(7-12)15(16,17)18/h3-7,9,19H,8H2,1-2H3. The van der Waals surface area contributed by atoms with Crippen molar-refractivity contribution in [2.45, 2.75) is 19.6 Å². The zero-order valence-corrected chi connectivity index (χ0v) is 11.7. The molecule has 0 unspecified atom stereocenters. The van der Waals surface area contributed by atoms with E-state index in [9.17, 15) is 13.2 Å². The highest BCUT2D eigenvalue weighted by atomic mass is 19.4. The molecule has 0 aliphatic heterocycles. The molecule has 1 aromatic carbocycles. The Morgan fingerprint density at radius 1 is 1.14 bits per heavy atom. The van der Waals surface area contributed by atoms with Crippen LogP contribution in [0.15, 0.2) is 36.5 Å². The van der Waals surface area contributed by atoms with Gasteiger partial charge < -0.3 is 10.1 Å². The third-order valence-corrected chi connectivity index (χ3v) is 2.87. The van der Waals surface area contributed by atoms with Crippen LogP contribution in [0.5, 0.6) is 11.5 Å². The van der Waals surface area contributed by atoms with Crippen molar-refractivity contribution >= 4 is 0 Å². The second-order valence-electron chi connectivity index (χ2n) is 4.58. The number of nitrogens with one attached hydrogen (secondary N) is 1. The molecule has 0 amide bonds. The Bertz CT molecular complexity index is 609. The molecule has 3 nitrogen and oxygen atoms in total. The third-order valence-electron chi connectivity index (χ3n) is 2.87. The van der Waals surface area contributed by atoms with Gasteiger partial charge >= 0.3 is 6.18 Å². The van der Waals surface area contributed by atoms with Crippen LogP contribution in [0.4, 0.5) is 13.2 Å². The average Bonchev–Trinajstić information content (AvgIpc) is 2.42. The van der Waals surface area contributed by atoms with Crippen molar-refractivity contribution in [2.75, 3.05) is 7.05 Å². The lowest BCUT2D eigenvalue weighted by Crippen LogP contribution is -2.14. The predicted molar refractivity (Wildman–Crippen MR) is 73.3 cm³/mol. The SMILES string of the molecule is CNCc1ccc(Oc2ccc(C)nc2)cc1C(F)(F)F. The Kier molecular flexibility index (Phi) is 4.47. The molecule has 0 radical (unpaired) electrons. The van der Waals surface area contributed by atoms with Crippen LogP contribution in [0.2, 0.25) is 0 Å². The van der Waals surface area contributed by atoms with Crippen molar-refractivity contribution in [1.29, 1.82) is 0 Å². The van der Waals surface area contributed by atoms with Crippen molar-refractivity contribution in [2.24, 2.45) is 0 Å². The summed E-state index contributed by atoms with van der Waals surface area (Å²) in [5.74, 6) is 0.530. The minimum Gasteiger partial charge on any atom is -0.456 e. The van der Waals surface area contributed by atoms with Gasteiger partial charge in [-0.15, -0.1) is 0 Å². The van der Waals surface area contributed by atoms with Gasteiger partial charge in [0.2, 0.25) is 0 Å². The molecule has 1 aromatic heterocycles. The molecule has 0 fully saturated rings. The molecule has 1 heterocycles. The summed E-state index contributed by atoms with van der Waals surface area (Å²) in [6.07, 6.45) is -2.94. The van der Waals surface area contributed by atoms with Gasteiger partial charge in [-0.05, 0) is 43.8 Å². The fraction of sp³-hybridized carbons (Fsp3) is 0.267. The zero-order chi connectivity index (χ0) is 15.5. The first kappa shape index (κ1) is 15.3. The molecule has 2 rings (SSSR count). The van der Waals surface area contributed by atoms with E-state index >= 15 is 0 Å². The fourth-order valence-electron chi connectivity index (χ4n) is 1.88. The summed E-state index contributed by atoms with van der Waals surface area (Å²) >= 11 is 0. The lowest BCUT2D eigenvalue weighted by molar-refractivity contribution is -0.138. The summed E-state index contributed by atoms with van der Waals surface area (Å²) in [5.41, 5.74) is 0.288. The van der Waals surface area contributed by atoms with E-state index in [2.05, 4.69) is 10.3 Å². The normalized spacial score (nSPS) is 11.5. The van der Waals surface area contributed by atoms with E-state index in [1.165, 1.54) is 18.3 Å². The molecule has 0 aliphatic carbocycles. The van der Waals surface area contributed by atoms with Crippen LogP contribution in [-0.4, -0.2) is 12.0 Å². The van der Waals surface area contributed by atoms with Gasteiger partial charge in [-0.3, -0.25) is 4.98 Å². The monoisotopic (exact) mass is 296 g/mol. The van der Waals surface area contributed by atoms with Crippen LogP contribution >= 0.6 is 0 Å². The maximum absolute atomic E-state index is 13.0. The first-order valence-corrected chi connectivity index (χ1v) is 6.35. The number of alkyl halides is 3. The minimum atomic E-state index is -4.42. The van der Waals surface area contributed by atoms with Crippen LogP contribution in [0.25, 0.3) is 0 Å². The molecule has 0 spiro atoms. The summed E-state index contributed by atoms with van der Waals surface area (Å²) in [4.78, 5) is 4.04. The highest BCUT2D eigenvalue weighted by Crippen LogP contribution is 2.35.